The Morgan fingerprint density at radius 1 is 1.38 bits per heavy atom. The van der Waals surface area contributed by atoms with E-state index in [1.54, 1.807) is 18.3 Å². The zero-order chi connectivity index (χ0) is 18.5. The Kier molecular flexibility index (Phi) is 6.31. The van der Waals surface area contributed by atoms with Crippen molar-refractivity contribution >= 4 is 35.0 Å². The van der Waals surface area contributed by atoms with Gasteiger partial charge in [0.15, 0.2) is 5.16 Å². The molecule has 2 aromatic rings. The largest absolute Gasteiger partial charge is 0.335 e. The fraction of sp³-hybridized carbons (Fsp3) is 0.529. The van der Waals surface area contributed by atoms with E-state index in [1.807, 2.05) is 23.1 Å². The van der Waals surface area contributed by atoms with E-state index < -0.39 is 11.3 Å². The predicted molar refractivity (Wildman–Crippen MR) is 102 cm³/mol. The van der Waals surface area contributed by atoms with Crippen LogP contribution in [-0.2, 0) is 18.3 Å². The number of imide groups is 1. The maximum atomic E-state index is 12.3. The fourth-order valence-corrected chi connectivity index (χ4v) is 4.42. The van der Waals surface area contributed by atoms with Crippen LogP contribution in [0.1, 0.15) is 43.3 Å². The monoisotopic (exact) mass is 393 g/mol. The van der Waals surface area contributed by atoms with Gasteiger partial charge in [-0.3, -0.25) is 10.1 Å². The lowest BCUT2D eigenvalue weighted by Crippen LogP contribution is -2.45. The van der Waals surface area contributed by atoms with Crippen LogP contribution in [0.2, 0.25) is 0 Å². The summed E-state index contributed by atoms with van der Waals surface area (Å²) in [5.74, 6) is 0.523. The van der Waals surface area contributed by atoms with Crippen LogP contribution in [0.3, 0.4) is 0 Å². The summed E-state index contributed by atoms with van der Waals surface area (Å²) in [5.41, 5.74) is 0. The van der Waals surface area contributed by atoms with Crippen molar-refractivity contribution in [2.75, 3.05) is 0 Å². The van der Waals surface area contributed by atoms with E-state index in [0.717, 1.165) is 31.5 Å². The fourth-order valence-electron chi connectivity index (χ4n) is 2.89. The number of nitrogens with zero attached hydrogens (tertiary/aromatic N) is 3. The molecule has 7 nitrogen and oxygen atoms in total. The van der Waals surface area contributed by atoms with E-state index in [1.165, 1.54) is 16.6 Å². The first kappa shape index (κ1) is 18.9. The molecule has 1 saturated carbocycles. The van der Waals surface area contributed by atoms with E-state index in [0.29, 0.717) is 11.6 Å². The van der Waals surface area contributed by atoms with Crippen molar-refractivity contribution in [3.63, 3.8) is 0 Å². The second kappa shape index (κ2) is 8.68. The molecule has 2 N–H and O–H groups in total. The molecule has 0 radical (unpaired) electrons. The highest BCUT2D eigenvalue weighted by Crippen LogP contribution is 2.23. The number of hydrogen-bond donors (Lipinski definition) is 2. The first-order valence-corrected chi connectivity index (χ1v) is 10.5. The van der Waals surface area contributed by atoms with Gasteiger partial charge in [0.1, 0.15) is 5.82 Å². The van der Waals surface area contributed by atoms with Crippen molar-refractivity contribution < 1.29 is 9.59 Å². The van der Waals surface area contributed by atoms with Gasteiger partial charge in [-0.25, -0.2) is 4.79 Å². The Hall–Kier alpha value is -1.87. The number of aromatic nitrogens is 3. The SMILES string of the molecule is C[C@H](Sc1nnc(Cc2cccs2)n1C)C(=O)NC(=O)NC1CCCC1. The van der Waals surface area contributed by atoms with Crippen LogP contribution in [0.25, 0.3) is 0 Å². The van der Waals surface area contributed by atoms with E-state index in [4.69, 9.17) is 0 Å². The van der Waals surface area contributed by atoms with Crippen molar-refractivity contribution in [1.82, 2.24) is 25.4 Å². The standard InChI is InChI=1S/C17H23N5O2S2/c1-11(15(23)19-16(24)18-12-6-3-4-7-12)26-17-21-20-14(22(17)2)10-13-8-5-9-25-13/h5,8-9,11-12H,3-4,6-7,10H2,1-2H3,(H2,18,19,23,24)/t11-/m0/s1. The molecule has 1 fully saturated rings. The summed E-state index contributed by atoms with van der Waals surface area (Å²) in [7, 11) is 1.89. The maximum absolute atomic E-state index is 12.3. The third kappa shape index (κ3) is 4.85. The molecule has 0 saturated heterocycles. The highest BCUT2D eigenvalue weighted by atomic mass is 32.2. The molecule has 26 heavy (non-hydrogen) atoms. The number of urea groups is 1. The molecule has 2 heterocycles. The van der Waals surface area contributed by atoms with Crippen molar-refractivity contribution in [2.24, 2.45) is 7.05 Å². The summed E-state index contributed by atoms with van der Waals surface area (Å²) >= 11 is 2.97. The average Bonchev–Trinajstić information content (AvgIpc) is 3.34. The molecular formula is C17H23N5O2S2. The molecule has 0 unspecified atom stereocenters. The van der Waals surface area contributed by atoms with Gasteiger partial charge >= 0.3 is 6.03 Å². The van der Waals surface area contributed by atoms with Crippen LogP contribution in [0.15, 0.2) is 22.7 Å². The number of rotatable bonds is 6. The number of amides is 3. The van der Waals surface area contributed by atoms with Crippen molar-refractivity contribution in [1.29, 1.82) is 0 Å². The molecule has 9 heteroatoms. The Morgan fingerprint density at radius 3 is 2.85 bits per heavy atom. The smallest absolute Gasteiger partial charge is 0.321 e. The molecule has 0 aliphatic heterocycles. The summed E-state index contributed by atoms with van der Waals surface area (Å²) < 4.78 is 1.90. The predicted octanol–water partition coefficient (Wildman–Crippen LogP) is 2.72. The van der Waals surface area contributed by atoms with Crippen molar-refractivity contribution in [3.8, 4) is 0 Å². The second-order valence-electron chi connectivity index (χ2n) is 6.42. The molecule has 3 rings (SSSR count). The minimum absolute atomic E-state index is 0.185. The molecule has 140 valence electrons. The number of carbonyl (C=O) groups excluding carboxylic acids is 2. The van der Waals surface area contributed by atoms with Crippen LogP contribution in [0, 0.1) is 0 Å². The molecule has 0 bridgehead atoms. The minimum atomic E-state index is -0.443. The lowest BCUT2D eigenvalue weighted by atomic mass is 10.2. The Labute approximate surface area is 161 Å². The van der Waals surface area contributed by atoms with Crippen molar-refractivity contribution in [2.45, 2.75) is 55.5 Å². The van der Waals surface area contributed by atoms with Gasteiger partial charge in [0, 0.05) is 24.4 Å². The van der Waals surface area contributed by atoms with E-state index in [2.05, 4.69) is 26.9 Å². The van der Waals surface area contributed by atoms with Gasteiger partial charge in [-0.15, -0.1) is 21.5 Å². The minimum Gasteiger partial charge on any atom is -0.335 e. The number of thiophene rings is 1. The summed E-state index contributed by atoms with van der Waals surface area (Å²) in [6, 6.07) is 3.84. The third-order valence-electron chi connectivity index (χ3n) is 4.42. The molecule has 1 aliphatic rings. The zero-order valence-electron chi connectivity index (χ0n) is 14.9. The van der Waals surface area contributed by atoms with E-state index in [-0.39, 0.29) is 11.9 Å². The van der Waals surface area contributed by atoms with Gasteiger partial charge < -0.3 is 9.88 Å². The van der Waals surface area contributed by atoms with Crippen LogP contribution >= 0.6 is 23.1 Å². The highest BCUT2D eigenvalue weighted by molar-refractivity contribution is 8.00. The Bertz CT molecular complexity index is 753. The zero-order valence-corrected chi connectivity index (χ0v) is 16.5. The average molecular weight is 394 g/mol. The number of hydrogen-bond acceptors (Lipinski definition) is 6. The molecule has 2 aromatic heterocycles. The topological polar surface area (TPSA) is 88.9 Å². The van der Waals surface area contributed by atoms with Gasteiger partial charge in [-0.2, -0.15) is 0 Å². The van der Waals surface area contributed by atoms with Gasteiger partial charge in [0.05, 0.1) is 5.25 Å². The number of nitrogens with one attached hydrogen (secondary N) is 2. The van der Waals surface area contributed by atoms with Crippen LogP contribution in [0.4, 0.5) is 4.79 Å². The maximum Gasteiger partial charge on any atom is 0.321 e. The van der Waals surface area contributed by atoms with Crippen LogP contribution in [-0.4, -0.2) is 38.0 Å². The van der Waals surface area contributed by atoms with Gasteiger partial charge in [-0.05, 0) is 31.2 Å². The van der Waals surface area contributed by atoms with E-state index >= 15 is 0 Å². The summed E-state index contributed by atoms with van der Waals surface area (Å²) in [6.45, 7) is 1.76. The Balaban J connectivity index is 1.52. The van der Waals surface area contributed by atoms with Crippen LogP contribution in [0.5, 0.6) is 0 Å². The summed E-state index contributed by atoms with van der Waals surface area (Å²) in [5, 5.41) is 15.9. The summed E-state index contributed by atoms with van der Waals surface area (Å²) in [4.78, 5) is 25.4. The summed E-state index contributed by atoms with van der Waals surface area (Å²) in [6.07, 6.45) is 4.94. The normalized spacial score (nSPS) is 15.8. The molecule has 0 spiro atoms. The van der Waals surface area contributed by atoms with Gasteiger partial charge in [0.2, 0.25) is 5.91 Å². The molecular weight excluding hydrogens is 370 g/mol. The second-order valence-corrected chi connectivity index (χ2v) is 8.76. The quantitative estimate of drug-likeness (QED) is 0.737. The third-order valence-corrected chi connectivity index (χ3v) is 6.43. The van der Waals surface area contributed by atoms with Gasteiger partial charge in [0.25, 0.3) is 0 Å². The molecule has 3 amide bonds. The Morgan fingerprint density at radius 2 is 2.15 bits per heavy atom. The molecule has 1 aliphatic carbocycles. The lowest BCUT2D eigenvalue weighted by molar-refractivity contribution is -0.119. The number of carbonyl (C=O) groups is 2. The number of thioether (sulfide) groups is 1. The van der Waals surface area contributed by atoms with Crippen LogP contribution < -0.4 is 10.6 Å². The molecule has 0 aromatic carbocycles. The van der Waals surface area contributed by atoms with Crippen molar-refractivity contribution in [3.05, 3.63) is 28.2 Å². The first-order valence-electron chi connectivity index (χ1n) is 8.71. The molecule has 1 atom stereocenters. The lowest BCUT2D eigenvalue weighted by Gasteiger charge is -2.14. The first-order chi connectivity index (χ1) is 12.5. The van der Waals surface area contributed by atoms with Gasteiger partial charge in [-0.1, -0.05) is 30.7 Å². The van der Waals surface area contributed by atoms with E-state index in [9.17, 15) is 9.59 Å². The highest BCUT2D eigenvalue weighted by Gasteiger charge is 2.23.